The molecule has 1 saturated carbocycles. The Balaban J connectivity index is 1.59. The highest BCUT2D eigenvalue weighted by molar-refractivity contribution is 6.32. The van der Waals surface area contributed by atoms with Crippen LogP contribution < -0.4 is 5.32 Å². The summed E-state index contributed by atoms with van der Waals surface area (Å²) in [4.78, 5) is 50.2. The van der Waals surface area contributed by atoms with Crippen molar-refractivity contribution in [3.05, 3.63) is 112 Å². The normalized spacial score (nSPS) is 14.1. The van der Waals surface area contributed by atoms with Gasteiger partial charge in [0.15, 0.2) is 11.6 Å². The van der Waals surface area contributed by atoms with Crippen LogP contribution in [0.5, 0.6) is 0 Å². The highest BCUT2D eigenvalue weighted by Crippen LogP contribution is 2.33. The van der Waals surface area contributed by atoms with Crippen molar-refractivity contribution in [3.8, 4) is 0 Å². The van der Waals surface area contributed by atoms with Crippen molar-refractivity contribution in [2.75, 3.05) is 6.54 Å². The van der Waals surface area contributed by atoms with Crippen LogP contribution in [0.1, 0.15) is 112 Å². The smallest absolute Gasteiger partial charge is 0.305 e. The zero-order valence-electron chi connectivity index (χ0n) is 23.7. The number of ketones is 2. The summed E-state index contributed by atoms with van der Waals surface area (Å²) in [5.41, 5.74) is 4.49. The van der Waals surface area contributed by atoms with Gasteiger partial charge in [0.05, 0.1) is 6.42 Å². The predicted octanol–water partition coefficient (Wildman–Crippen LogP) is 7.21. The van der Waals surface area contributed by atoms with Crippen LogP contribution in [0.4, 0.5) is 0 Å². The summed E-state index contributed by atoms with van der Waals surface area (Å²) in [5, 5.41) is 11.3. The Kier molecular flexibility index (Phi) is 10.0. The average Bonchev–Trinajstić information content (AvgIpc) is 3.00. The van der Waals surface area contributed by atoms with Crippen LogP contribution in [-0.4, -0.2) is 35.1 Å². The topological polar surface area (TPSA) is 101 Å². The van der Waals surface area contributed by atoms with Crippen LogP contribution in [0.3, 0.4) is 0 Å². The summed E-state index contributed by atoms with van der Waals surface area (Å²) in [5.74, 6) is -1.12. The minimum Gasteiger partial charge on any atom is -0.481 e. The fourth-order valence-corrected chi connectivity index (χ4v) is 5.21. The van der Waals surface area contributed by atoms with E-state index in [2.05, 4.69) is 19.2 Å². The second-order valence-corrected chi connectivity index (χ2v) is 11.0. The van der Waals surface area contributed by atoms with E-state index in [9.17, 15) is 19.2 Å². The van der Waals surface area contributed by atoms with E-state index in [1.165, 1.54) is 55.9 Å². The van der Waals surface area contributed by atoms with Crippen molar-refractivity contribution in [1.29, 1.82) is 0 Å². The van der Waals surface area contributed by atoms with Gasteiger partial charge in [-0.25, -0.2) is 0 Å². The van der Waals surface area contributed by atoms with Crippen LogP contribution >= 0.6 is 0 Å². The number of nitrogens with one attached hydrogen (secondary N) is 1. The van der Waals surface area contributed by atoms with E-state index in [1.807, 2.05) is 48.5 Å². The molecule has 4 rings (SSSR count). The summed E-state index contributed by atoms with van der Waals surface area (Å²) < 4.78 is 0. The number of carboxylic acids is 1. The van der Waals surface area contributed by atoms with E-state index in [-0.39, 0.29) is 30.1 Å². The van der Waals surface area contributed by atoms with Gasteiger partial charge in [-0.3, -0.25) is 19.2 Å². The summed E-state index contributed by atoms with van der Waals surface area (Å²) in [6.07, 6.45) is 7.37. The lowest BCUT2D eigenvalue weighted by molar-refractivity contribution is -0.136. The molecule has 0 heterocycles. The quantitative estimate of drug-likeness (QED) is 0.194. The highest BCUT2D eigenvalue weighted by atomic mass is 16.4. The Labute approximate surface area is 241 Å². The number of Topliss-reactive ketones (excluding diaryl/α,β-unsaturated/α-hetero) is 1. The van der Waals surface area contributed by atoms with Crippen LogP contribution in [0.15, 0.2) is 78.9 Å². The number of hydrogen-bond acceptors (Lipinski definition) is 4. The van der Waals surface area contributed by atoms with Crippen molar-refractivity contribution < 1.29 is 24.3 Å². The molecule has 0 atom stereocenters. The summed E-state index contributed by atoms with van der Waals surface area (Å²) in [6.45, 7) is 4.20. The van der Waals surface area contributed by atoms with E-state index in [0.29, 0.717) is 34.1 Å². The number of amides is 1. The van der Waals surface area contributed by atoms with E-state index >= 15 is 0 Å². The molecule has 0 aromatic heterocycles. The third kappa shape index (κ3) is 7.88. The van der Waals surface area contributed by atoms with Crippen LogP contribution in [0, 0.1) is 0 Å². The molecule has 6 heteroatoms. The third-order valence-electron chi connectivity index (χ3n) is 7.71. The number of carbonyl (C=O) groups excluding carboxylic acids is 3. The summed E-state index contributed by atoms with van der Waals surface area (Å²) in [7, 11) is 0. The molecule has 1 amide bonds. The molecule has 41 heavy (non-hydrogen) atoms. The first-order chi connectivity index (χ1) is 19.7. The first kappa shape index (κ1) is 29.7. The van der Waals surface area contributed by atoms with E-state index in [0.717, 1.165) is 5.56 Å². The molecule has 0 radical (unpaired) electrons. The number of benzene rings is 3. The number of allylic oxidation sites excluding steroid dienone is 2. The molecule has 212 valence electrons. The molecule has 3 aromatic carbocycles. The first-order valence-electron chi connectivity index (χ1n) is 14.3. The number of rotatable bonds is 11. The Morgan fingerprint density at radius 2 is 1.34 bits per heavy atom. The maximum atomic E-state index is 13.7. The van der Waals surface area contributed by atoms with Crippen LogP contribution in [0.25, 0.3) is 5.57 Å². The van der Waals surface area contributed by atoms with Gasteiger partial charge in [0.2, 0.25) is 0 Å². The largest absolute Gasteiger partial charge is 0.481 e. The van der Waals surface area contributed by atoms with Gasteiger partial charge in [-0.15, -0.1) is 0 Å². The van der Waals surface area contributed by atoms with Gasteiger partial charge in [-0.1, -0.05) is 93.8 Å². The first-order valence-corrected chi connectivity index (χ1v) is 14.3. The Bertz CT molecular complexity index is 1410. The molecule has 0 aliphatic heterocycles. The minimum atomic E-state index is -0.998. The average molecular weight is 552 g/mol. The van der Waals surface area contributed by atoms with Crippen LogP contribution in [-0.2, 0) is 4.79 Å². The van der Waals surface area contributed by atoms with Gasteiger partial charge in [0.25, 0.3) is 5.91 Å². The minimum absolute atomic E-state index is 0.0118. The molecule has 0 unspecified atom stereocenters. The highest BCUT2D eigenvalue weighted by Gasteiger charge is 2.19. The zero-order chi connectivity index (χ0) is 29.4. The molecular weight excluding hydrogens is 514 g/mol. The maximum absolute atomic E-state index is 13.7. The molecule has 1 aliphatic rings. The van der Waals surface area contributed by atoms with Crippen LogP contribution in [0.2, 0.25) is 0 Å². The summed E-state index contributed by atoms with van der Waals surface area (Å²) >= 11 is 0. The fourth-order valence-electron chi connectivity index (χ4n) is 5.21. The van der Waals surface area contributed by atoms with Gasteiger partial charge in [0.1, 0.15) is 0 Å². The monoisotopic (exact) mass is 551 g/mol. The molecule has 3 aromatic rings. The molecule has 0 saturated heterocycles. The van der Waals surface area contributed by atoms with Crippen molar-refractivity contribution in [3.63, 3.8) is 0 Å². The number of aliphatic carboxylic acids is 1. The van der Waals surface area contributed by atoms with Gasteiger partial charge in [-0.05, 0) is 59.6 Å². The van der Waals surface area contributed by atoms with E-state index in [4.69, 9.17) is 5.11 Å². The van der Waals surface area contributed by atoms with Crippen molar-refractivity contribution >= 4 is 29.0 Å². The van der Waals surface area contributed by atoms with Gasteiger partial charge in [0, 0.05) is 28.8 Å². The Morgan fingerprint density at radius 3 is 1.93 bits per heavy atom. The maximum Gasteiger partial charge on any atom is 0.305 e. The molecular formula is C35H37NO5. The molecule has 6 nitrogen and oxygen atoms in total. The second kappa shape index (κ2) is 13.8. The summed E-state index contributed by atoms with van der Waals surface area (Å²) in [6, 6.07) is 21.6. The predicted molar refractivity (Wildman–Crippen MR) is 160 cm³/mol. The van der Waals surface area contributed by atoms with Crippen molar-refractivity contribution in [2.45, 2.75) is 64.2 Å². The molecule has 0 spiro atoms. The van der Waals surface area contributed by atoms with Gasteiger partial charge >= 0.3 is 5.97 Å². The molecule has 2 N–H and O–H groups in total. The van der Waals surface area contributed by atoms with Gasteiger partial charge in [-0.2, -0.15) is 0 Å². The fraction of sp³-hybridized carbons (Fsp3) is 0.314. The van der Waals surface area contributed by atoms with Crippen molar-refractivity contribution in [2.24, 2.45) is 0 Å². The van der Waals surface area contributed by atoms with Gasteiger partial charge < -0.3 is 10.4 Å². The zero-order valence-corrected chi connectivity index (χ0v) is 23.7. The standard InChI is InChI=1S/C35H37NO5/c1-23(2)24-8-12-27(13-9-24)31(22-32(37)28-14-10-26(11-15-28)25-6-4-3-5-7-25)34(40)29-16-18-30(19-17-29)35(41)36-21-20-33(38)39/h8-19,22-23,25H,3-7,20-21H2,1-2H3,(H,36,41)(H,38,39). The lowest BCUT2D eigenvalue weighted by atomic mass is 9.84. The number of carboxylic acid groups (broad SMARTS) is 1. The van der Waals surface area contributed by atoms with E-state index < -0.39 is 11.9 Å². The van der Waals surface area contributed by atoms with Crippen molar-refractivity contribution in [1.82, 2.24) is 5.32 Å². The lowest BCUT2D eigenvalue weighted by Gasteiger charge is -2.22. The second-order valence-electron chi connectivity index (χ2n) is 11.0. The number of hydrogen-bond donors (Lipinski definition) is 2. The lowest BCUT2D eigenvalue weighted by Crippen LogP contribution is -2.26. The molecule has 0 bridgehead atoms. The molecule has 1 aliphatic carbocycles. The third-order valence-corrected chi connectivity index (χ3v) is 7.71. The number of carbonyl (C=O) groups is 4. The van der Waals surface area contributed by atoms with E-state index in [1.54, 1.807) is 12.1 Å². The SMILES string of the molecule is CC(C)c1ccc(C(=CC(=O)c2ccc(C3CCCCC3)cc2)C(=O)c2ccc(C(=O)NCCC(=O)O)cc2)cc1. The Hall–Kier alpha value is -4.32. The Morgan fingerprint density at radius 1 is 0.780 bits per heavy atom. The molecule has 1 fully saturated rings.